The second-order valence-electron chi connectivity index (χ2n) is 6.09. The normalized spacial score (nSPS) is 13.1. The average molecular weight is 417 g/mol. The highest BCUT2D eigenvalue weighted by Gasteiger charge is 2.32. The third-order valence-electron chi connectivity index (χ3n) is 3.52. The van der Waals surface area contributed by atoms with Crippen LogP contribution in [0.15, 0.2) is 24.8 Å². The maximum Gasteiger partial charge on any atom is 0.407 e. The Kier molecular flexibility index (Phi) is 13.9. The molecule has 28 heavy (non-hydrogen) atoms. The molecule has 0 rings (SSSR count). The van der Waals surface area contributed by atoms with Crippen LogP contribution in [0.2, 0.25) is 0 Å². The first kappa shape index (κ1) is 26.0. The van der Waals surface area contributed by atoms with Gasteiger partial charge in [-0.05, 0) is 18.6 Å². The van der Waals surface area contributed by atoms with Gasteiger partial charge in [-0.1, -0.05) is 39.5 Å². The molecule has 2 amide bonds. The van der Waals surface area contributed by atoms with Crippen molar-refractivity contribution in [2.24, 2.45) is 5.92 Å². The Morgan fingerprint density at radius 1 is 1.25 bits per heavy atom. The third kappa shape index (κ3) is 10.4. The molecule has 0 heterocycles. The number of alkyl carbamates (subject to hydrolysis) is 1. The van der Waals surface area contributed by atoms with E-state index < -0.39 is 30.1 Å². The van der Waals surface area contributed by atoms with Crippen molar-refractivity contribution in [1.82, 2.24) is 10.2 Å². The monoisotopic (exact) mass is 416 g/mol. The second-order valence-corrected chi connectivity index (χ2v) is 7.31. The van der Waals surface area contributed by atoms with E-state index in [0.717, 1.165) is 5.75 Å². The summed E-state index contributed by atoms with van der Waals surface area (Å²) >= 11 is 1.57. The van der Waals surface area contributed by atoms with E-state index in [1.807, 2.05) is 6.92 Å². The van der Waals surface area contributed by atoms with E-state index in [2.05, 4.69) is 11.9 Å². The number of hydrogen-bond acceptors (Lipinski definition) is 7. The van der Waals surface area contributed by atoms with Gasteiger partial charge in [-0.2, -0.15) is 0 Å². The predicted octanol–water partition coefficient (Wildman–Crippen LogP) is 2.55. The smallest absolute Gasteiger partial charge is 0.407 e. The van der Waals surface area contributed by atoms with Crippen molar-refractivity contribution in [2.75, 3.05) is 32.1 Å². The lowest BCUT2D eigenvalue weighted by Gasteiger charge is -2.31. The first-order valence-electron chi connectivity index (χ1n) is 9.08. The summed E-state index contributed by atoms with van der Waals surface area (Å²) < 4.78 is 15.7. The zero-order valence-corrected chi connectivity index (χ0v) is 18.1. The minimum absolute atomic E-state index is 0.000626. The maximum absolute atomic E-state index is 13.0. The maximum atomic E-state index is 13.0. The van der Waals surface area contributed by atoms with Gasteiger partial charge in [-0.3, -0.25) is 4.79 Å². The number of nitrogens with zero attached hydrogens (tertiary/aromatic N) is 1. The third-order valence-corrected chi connectivity index (χ3v) is 4.26. The summed E-state index contributed by atoms with van der Waals surface area (Å²) in [5, 5.41) is 2.34. The quantitative estimate of drug-likeness (QED) is 0.162. The standard InChI is InChI=1S/C19H32N2O6S/c1-7-11-26-16(22)10-9-15(5)21(12-25-13-28-8-2)18(23)17(14(3)4)27-19(24)20-6/h7,9-10,14-15,17H,1,8,11-13H2,2-6H3,(H,20,24)/b10-9+. The van der Waals surface area contributed by atoms with Gasteiger partial charge in [0.05, 0.1) is 12.0 Å². The van der Waals surface area contributed by atoms with Crippen LogP contribution in [0, 0.1) is 5.92 Å². The lowest BCUT2D eigenvalue weighted by atomic mass is 10.1. The van der Waals surface area contributed by atoms with Crippen LogP contribution >= 0.6 is 11.8 Å². The van der Waals surface area contributed by atoms with E-state index in [9.17, 15) is 14.4 Å². The van der Waals surface area contributed by atoms with Gasteiger partial charge < -0.3 is 24.4 Å². The summed E-state index contributed by atoms with van der Waals surface area (Å²) in [4.78, 5) is 37.7. The number of amides is 2. The van der Waals surface area contributed by atoms with Gasteiger partial charge in [0.2, 0.25) is 0 Å². The van der Waals surface area contributed by atoms with Crippen LogP contribution in [-0.4, -0.2) is 67.1 Å². The highest BCUT2D eigenvalue weighted by atomic mass is 32.2. The minimum Gasteiger partial charge on any atom is -0.458 e. The lowest BCUT2D eigenvalue weighted by Crippen LogP contribution is -2.49. The molecule has 0 aromatic rings. The summed E-state index contributed by atoms with van der Waals surface area (Å²) in [7, 11) is 1.42. The molecule has 0 radical (unpaired) electrons. The molecule has 8 nitrogen and oxygen atoms in total. The van der Waals surface area contributed by atoms with Crippen molar-refractivity contribution >= 4 is 29.7 Å². The zero-order chi connectivity index (χ0) is 21.5. The highest BCUT2D eigenvalue weighted by molar-refractivity contribution is 7.99. The number of rotatable bonds is 13. The van der Waals surface area contributed by atoms with Crippen molar-refractivity contribution in [3.05, 3.63) is 24.8 Å². The van der Waals surface area contributed by atoms with Gasteiger partial charge in [0.15, 0.2) is 6.10 Å². The topological polar surface area (TPSA) is 94.2 Å². The van der Waals surface area contributed by atoms with Crippen molar-refractivity contribution in [2.45, 2.75) is 39.8 Å². The molecule has 0 aliphatic rings. The van der Waals surface area contributed by atoms with Crippen molar-refractivity contribution in [3.63, 3.8) is 0 Å². The van der Waals surface area contributed by atoms with Gasteiger partial charge in [0, 0.05) is 13.1 Å². The Hall–Kier alpha value is -2.00. The molecule has 0 aromatic carbocycles. The fraction of sp³-hybridized carbons (Fsp3) is 0.632. The van der Waals surface area contributed by atoms with E-state index in [0.29, 0.717) is 5.94 Å². The summed E-state index contributed by atoms with van der Waals surface area (Å²) in [6.45, 7) is 10.9. The molecule has 0 fully saturated rings. The molecule has 0 aliphatic carbocycles. The van der Waals surface area contributed by atoms with Gasteiger partial charge in [-0.25, -0.2) is 9.59 Å². The van der Waals surface area contributed by atoms with Gasteiger partial charge in [0.1, 0.15) is 13.3 Å². The molecular weight excluding hydrogens is 384 g/mol. The summed E-state index contributed by atoms with van der Waals surface area (Å²) in [6.07, 6.45) is 2.58. The van der Waals surface area contributed by atoms with Crippen LogP contribution in [0.4, 0.5) is 4.79 Å². The number of carbonyl (C=O) groups excluding carboxylic acids is 3. The molecule has 160 valence electrons. The van der Waals surface area contributed by atoms with Gasteiger partial charge >= 0.3 is 12.1 Å². The van der Waals surface area contributed by atoms with Gasteiger partial charge in [0.25, 0.3) is 5.91 Å². The lowest BCUT2D eigenvalue weighted by molar-refractivity contribution is -0.149. The van der Waals surface area contributed by atoms with Crippen molar-refractivity contribution in [1.29, 1.82) is 0 Å². The van der Waals surface area contributed by atoms with Crippen molar-refractivity contribution < 1.29 is 28.6 Å². The Bertz CT molecular complexity index is 539. The van der Waals surface area contributed by atoms with Gasteiger partial charge in [-0.15, -0.1) is 11.8 Å². The van der Waals surface area contributed by atoms with E-state index in [1.165, 1.54) is 30.2 Å². The van der Waals surface area contributed by atoms with E-state index in [4.69, 9.17) is 14.2 Å². The molecule has 0 saturated heterocycles. The fourth-order valence-electron chi connectivity index (χ4n) is 1.98. The highest BCUT2D eigenvalue weighted by Crippen LogP contribution is 2.15. The van der Waals surface area contributed by atoms with Crippen LogP contribution in [-0.2, 0) is 23.8 Å². The SMILES string of the molecule is C=CCOC(=O)/C=C/C(C)N(COCSCC)C(=O)C(OC(=O)NC)C(C)C. The number of nitrogens with one attached hydrogen (secondary N) is 1. The minimum atomic E-state index is -0.981. The molecule has 9 heteroatoms. The Labute approximate surface area is 171 Å². The van der Waals surface area contributed by atoms with E-state index >= 15 is 0 Å². The van der Waals surface area contributed by atoms with E-state index in [1.54, 1.807) is 32.5 Å². The summed E-state index contributed by atoms with van der Waals surface area (Å²) in [5.74, 6) is 0.111. The molecule has 0 spiro atoms. The first-order valence-corrected chi connectivity index (χ1v) is 10.2. The largest absolute Gasteiger partial charge is 0.458 e. The van der Waals surface area contributed by atoms with Crippen LogP contribution in [0.3, 0.4) is 0 Å². The second kappa shape index (κ2) is 15.0. The number of hydrogen-bond donors (Lipinski definition) is 1. The van der Waals surface area contributed by atoms with Crippen molar-refractivity contribution in [3.8, 4) is 0 Å². The van der Waals surface area contributed by atoms with Crippen LogP contribution in [0.25, 0.3) is 0 Å². The van der Waals surface area contributed by atoms with E-state index in [-0.39, 0.29) is 19.3 Å². The Morgan fingerprint density at radius 2 is 1.93 bits per heavy atom. The van der Waals surface area contributed by atoms with Crippen LogP contribution in [0.5, 0.6) is 0 Å². The zero-order valence-electron chi connectivity index (χ0n) is 17.3. The molecule has 2 unspecified atom stereocenters. The predicted molar refractivity (Wildman–Crippen MR) is 110 cm³/mol. The fourth-order valence-corrected chi connectivity index (χ4v) is 2.34. The summed E-state index contributed by atoms with van der Waals surface area (Å²) in [5.41, 5.74) is 0. The van der Waals surface area contributed by atoms with Crippen LogP contribution < -0.4 is 5.32 Å². The summed E-state index contributed by atoms with van der Waals surface area (Å²) in [6, 6.07) is -0.482. The number of ether oxygens (including phenoxy) is 3. The molecule has 0 aliphatic heterocycles. The number of carbonyl (C=O) groups is 3. The number of thioether (sulfide) groups is 1. The molecular formula is C19H32N2O6S. The van der Waals surface area contributed by atoms with Crippen LogP contribution in [0.1, 0.15) is 27.7 Å². The Morgan fingerprint density at radius 3 is 2.46 bits per heavy atom. The number of esters is 1. The average Bonchev–Trinajstić information content (AvgIpc) is 2.67. The first-order chi connectivity index (χ1) is 13.3. The molecule has 0 saturated carbocycles. The molecule has 1 N–H and O–H groups in total. The molecule has 0 aromatic heterocycles. The molecule has 2 atom stereocenters. The Balaban J connectivity index is 5.30. The molecule has 0 bridgehead atoms.